The molecule has 0 spiro atoms. The van der Waals surface area contributed by atoms with Gasteiger partial charge in [0.1, 0.15) is 17.1 Å². The Morgan fingerprint density at radius 1 is 1.10 bits per heavy atom. The molecule has 152 valence electrons. The van der Waals surface area contributed by atoms with Crippen LogP contribution in [-0.4, -0.2) is 20.6 Å². The molecule has 0 saturated carbocycles. The average molecular weight is 401 g/mol. The molecule has 0 bridgehead atoms. The number of carbonyl (C=O) groups is 1. The Morgan fingerprint density at radius 3 is 2.57 bits per heavy atom. The molecule has 0 unspecified atom stereocenters. The van der Waals surface area contributed by atoms with Crippen LogP contribution < -0.4 is 10.1 Å². The molecular weight excluding hydrogens is 378 g/mol. The summed E-state index contributed by atoms with van der Waals surface area (Å²) in [4.78, 5) is 13.0. The van der Waals surface area contributed by atoms with Crippen LogP contribution in [0.5, 0.6) is 17.4 Å². The third kappa shape index (κ3) is 3.72. The van der Waals surface area contributed by atoms with Crippen molar-refractivity contribution in [2.45, 2.75) is 26.7 Å². The van der Waals surface area contributed by atoms with E-state index in [9.17, 15) is 9.90 Å². The summed E-state index contributed by atoms with van der Waals surface area (Å²) in [5, 5.41) is 17.1. The lowest BCUT2D eigenvalue weighted by atomic mass is 9.99. The fourth-order valence-electron chi connectivity index (χ4n) is 3.38. The van der Waals surface area contributed by atoms with Crippen LogP contribution in [0.15, 0.2) is 66.9 Å². The number of carbonyl (C=O) groups excluding carboxylic acids is 1. The lowest BCUT2D eigenvalue weighted by Gasteiger charge is -2.18. The quantitative estimate of drug-likeness (QED) is 0.462. The number of ether oxygens (including phenoxy) is 1. The number of benzene rings is 2. The fraction of sp³-hybridized carbons (Fsp3) is 0.167. The maximum Gasteiger partial charge on any atom is 0.263 e. The largest absolute Gasteiger partial charge is 0.492 e. The van der Waals surface area contributed by atoms with Crippen LogP contribution in [-0.2, 0) is 0 Å². The molecular formula is C24H23N3O3. The monoisotopic (exact) mass is 401 g/mol. The maximum atomic E-state index is 13.0. The highest BCUT2D eigenvalue weighted by molar-refractivity contribution is 6.11. The number of amides is 1. The number of aryl methyl sites for hydroxylation is 1. The average Bonchev–Trinajstić information content (AvgIpc) is 3.06. The summed E-state index contributed by atoms with van der Waals surface area (Å²) in [6.07, 6.45) is 1.68. The first-order valence-electron chi connectivity index (χ1n) is 9.79. The van der Waals surface area contributed by atoms with Gasteiger partial charge in [0.05, 0.1) is 5.52 Å². The minimum absolute atomic E-state index is 0.144. The van der Waals surface area contributed by atoms with Gasteiger partial charge in [0.15, 0.2) is 0 Å². The van der Waals surface area contributed by atoms with Gasteiger partial charge < -0.3 is 15.2 Å². The van der Waals surface area contributed by atoms with E-state index in [1.807, 2.05) is 49.4 Å². The van der Waals surface area contributed by atoms with Gasteiger partial charge in [-0.15, -0.1) is 5.10 Å². The van der Waals surface area contributed by atoms with E-state index in [0.717, 1.165) is 22.6 Å². The van der Waals surface area contributed by atoms with E-state index in [1.54, 1.807) is 24.4 Å². The van der Waals surface area contributed by atoms with Crippen LogP contribution in [0.4, 0.5) is 5.69 Å². The van der Waals surface area contributed by atoms with Crippen molar-refractivity contribution in [2.24, 2.45) is 0 Å². The Balaban J connectivity index is 1.68. The number of fused-ring (bicyclic) bond motifs is 1. The van der Waals surface area contributed by atoms with E-state index in [4.69, 9.17) is 4.74 Å². The first-order valence-corrected chi connectivity index (χ1v) is 9.79. The molecule has 0 aliphatic heterocycles. The number of aromatic nitrogens is 2. The molecule has 0 radical (unpaired) electrons. The lowest BCUT2D eigenvalue weighted by molar-refractivity contribution is 0.102. The van der Waals surface area contributed by atoms with E-state index in [1.165, 1.54) is 4.52 Å². The Bertz CT molecular complexity index is 1210. The molecule has 1 amide bonds. The van der Waals surface area contributed by atoms with Gasteiger partial charge >= 0.3 is 0 Å². The number of pyridine rings is 1. The highest BCUT2D eigenvalue weighted by Crippen LogP contribution is 2.35. The molecule has 2 aromatic carbocycles. The molecule has 0 saturated heterocycles. The van der Waals surface area contributed by atoms with Crippen molar-refractivity contribution in [3.05, 3.63) is 83.6 Å². The zero-order valence-electron chi connectivity index (χ0n) is 17.1. The Morgan fingerprint density at radius 2 is 1.83 bits per heavy atom. The Kier molecular flexibility index (Phi) is 5.14. The van der Waals surface area contributed by atoms with Crippen molar-refractivity contribution in [1.82, 2.24) is 9.61 Å². The minimum atomic E-state index is -0.414. The van der Waals surface area contributed by atoms with Crippen LogP contribution in [0.25, 0.3) is 5.52 Å². The molecule has 6 heteroatoms. The third-order valence-corrected chi connectivity index (χ3v) is 4.95. The summed E-state index contributed by atoms with van der Waals surface area (Å²) in [6, 6.07) is 18.8. The summed E-state index contributed by atoms with van der Waals surface area (Å²) < 4.78 is 7.57. The zero-order chi connectivity index (χ0) is 21.3. The van der Waals surface area contributed by atoms with Crippen LogP contribution >= 0.6 is 0 Å². The standard InChI is InChI=1S/C24H23N3O3/c1-15(2)18-14-19(16(3)13-21(18)30-17-9-5-4-6-10-17)25-23(28)22-20-11-7-8-12-27(20)26-24(22)29/h4-15H,1-3H3,(H,25,28)(H,26,29). The second-order valence-corrected chi connectivity index (χ2v) is 7.46. The summed E-state index contributed by atoms with van der Waals surface area (Å²) in [5.74, 6) is 0.982. The number of anilines is 1. The Labute approximate surface area is 174 Å². The second-order valence-electron chi connectivity index (χ2n) is 7.46. The van der Waals surface area contributed by atoms with Gasteiger partial charge in [-0.25, -0.2) is 4.52 Å². The van der Waals surface area contributed by atoms with Crippen LogP contribution in [0.1, 0.15) is 41.3 Å². The Hall–Kier alpha value is -3.80. The van der Waals surface area contributed by atoms with Crippen LogP contribution in [0.2, 0.25) is 0 Å². The van der Waals surface area contributed by atoms with Gasteiger partial charge in [0.25, 0.3) is 5.91 Å². The third-order valence-electron chi connectivity index (χ3n) is 4.95. The normalized spacial score (nSPS) is 11.1. The predicted octanol–water partition coefficient (Wildman–Crippen LogP) is 5.52. The van der Waals surface area contributed by atoms with E-state index in [-0.39, 0.29) is 17.4 Å². The molecule has 0 aliphatic rings. The van der Waals surface area contributed by atoms with Gasteiger partial charge in [-0.05, 0) is 60.4 Å². The molecule has 2 heterocycles. The summed E-state index contributed by atoms with van der Waals surface area (Å²) in [5.41, 5.74) is 3.18. The van der Waals surface area contributed by atoms with Crippen molar-refractivity contribution in [2.75, 3.05) is 5.32 Å². The van der Waals surface area contributed by atoms with Crippen LogP contribution in [0, 0.1) is 6.92 Å². The zero-order valence-corrected chi connectivity index (χ0v) is 17.1. The highest BCUT2D eigenvalue weighted by Gasteiger charge is 2.21. The summed E-state index contributed by atoms with van der Waals surface area (Å²) in [6.45, 7) is 6.06. The van der Waals surface area contributed by atoms with Crippen molar-refractivity contribution in [3.63, 3.8) is 0 Å². The number of nitrogens with zero attached hydrogens (tertiary/aromatic N) is 2. The maximum absolute atomic E-state index is 13.0. The second kappa shape index (κ2) is 7.91. The molecule has 2 aromatic heterocycles. The molecule has 30 heavy (non-hydrogen) atoms. The number of hydrogen-bond donors (Lipinski definition) is 2. The first-order chi connectivity index (χ1) is 14.4. The lowest BCUT2D eigenvalue weighted by Crippen LogP contribution is -2.13. The van der Waals surface area contributed by atoms with E-state index in [0.29, 0.717) is 11.2 Å². The van der Waals surface area contributed by atoms with Crippen molar-refractivity contribution in [1.29, 1.82) is 0 Å². The number of nitrogens with one attached hydrogen (secondary N) is 1. The number of aromatic hydroxyl groups is 1. The smallest absolute Gasteiger partial charge is 0.263 e. The van der Waals surface area contributed by atoms with Gasteiger partial charge in [-0.3, -0.25) is 4.79 Å². The fourth-order valence-corrected chi connectivity index (χ4v) is 3.38. The van der Waals surface area contributed by atoms with Gasteiger partial charge in [0.2, 0.25) is 5.88 Å². The first kappa shape index (κ1) is 19.5. The van der Waals surface area contributed by atoms with Gasteiger partial charge in [-0.2, -0.15) is 0 Å². The topological polar surface area (TPSA) is 75.9 Å². The van der Waals surface area contributed by atoms with E-state index < -0.39 is 5.91 Å². The summed E-state index contributed by atoms with van der Waals surface area (Å²) in [7, 11) is 0. The highest BCUT2D eigenvalue weighted by atomic mass is 16.5. The van der Waals surface area contributed by atoms with Crippen molar-refractivity contribution in [3.8, 4) is 17.4 Å². The molecule has 2 N–H and O–H groups in total. The molecule has 0 atom stereocenters. The molecule has 0 fully saturated rings. The van der Waals surface area contributed by atoms with Crippen molar-refractivity contribution < 1.29 is 14.6 Å². The van der Waals surface area contributed by atoms with Crippen LogP contribution in [0.3, 0.4) is 0 Å². The van der Waals surface area contributed by atoms with Crippen molar-refractivity contribution >= 4 is 17.1 Å². The predicted molar refractivity (Wildman–Crippen MR) is 117 cm³/mol. The SMILES string of the molecule is Cc1cc(Oc2ccccc2)c(C(C)C)cc1NC(=O)c1c(O)nn2ccccc12. The van der Waals surface area contributed by atoms with E-state index in [2.05, 4.69) is 24.3 Å². The number of rotatable bonds is 5. The molecule has 4 aromatic rings. The molecule has 6 nitrogen and oxygen atoms in total. The number of para-hydroxylation sites is 1. The molecule has 0 aliphatic carbocycles. The van der Waals surface area contributed by atoms with Gasteiger partial charge in [-0.1, -0.05) is 38.1 Å². The van der Waals surface area contributed by atoms with Gasteiger partial charge in [0, 0.05) is 11.9 Å². The minimum Gasteiger partial charge on any atom is -0.492 e. The number of hydrogen-bond acceptors (Lipinski definition) is 4. The van der Waals surface area contributed by atoms with E-state index >= 15 is 0 Å². The summed E-state index contributed by atoms with van der Waals surface area (Å²) >= 11 is 0. The molecule has 4 rings (SSSR count).